The summed E-state index contributed by atoms with van der Waals surface area (Å²) in [6, 6.07) is 3.83. The Labute approximate surface area is 94.5 Å². The van der Waals surface area contributed by atoms with Crippen molar-refractivity contribution in [2.24, 2.45) is 0 Å². The first kappa shape index (κ1) is 12.0. The van der Waals surface area contributed by atoms with Crippen LogP contribution < -0.4 is 10.6 Å². The zero-order valence-corrected chi connectivity index (χ0v) is 9.59. The van der Waals surface area contributed by atoms with Crippen LogP contribution >= 0.6 is 0 Å². The molecule has 84 valence electrons. The third kappa shape index (κ3) is 2.70. The van der Waals surface area contributed by atoms with Crippen molar-refractivity contribution in [3.8, 4) is 6.07 Å². The molecule has 0 saturated carbocycles. The SMILES string of the molecule is CNC(=O)CNc1cc(C)nc(C)c1C#N. The summed E-state index contributed by atoms with van der Waals surface area (Å²) in [4.78, 5) is 15.3. The number of nitrogens with zero attached hydrogens (tertiary/aromatic N) is 2. The van der Waals surface area contributed by atoms with Gasteiger partial charge < -0.3 is 10.6 Å². The Kier molecular flexibility index (Phi) is 3.84. The van der Waals surface area contributed by atoms with Crippen LogP contribution in [-0.2, 0) is 4.79 Å². The molecule has 1 aromatic heterocycles. The second-order valence-electron chi connectivity index (χ2n) is 3.41. The first-order valence-corrected chi connectivity index (χ1v) is 4.91. The van der Waals surface area contributed by atoms with Crippen LogP contribution in [0.3, 0.4) is 0 Å². The maximum absolute atomic E-state index is 11.1. The molecule has 2 N–H and O–H groups in total. The number of carbonyl (C=O) groups excluding carboxylic acids is 1. The number of aromatic nitrogens is 1. The average molecular weight is 218 g/mol. The Bertz CT molecular complexity index is 448. The van der Waals surface area contributed by atoms with Crippen LogP contribution in [0.15, 0.2) is 6.07 Å². The molecule has 5 nitrogen and oxygen atoms in total. The number of aryl methyl sites for hydroxylation is 2. The van der Waals surface area contributed by atoms with Gasteiger partial charge in [-0.2, -0.15) is 5.26 Å². The molecule has 1 aromatic rings. The number of pyridine rings is 1. The van der Waals surface area contributed by atoms with Crippen molar-refractivity contribution in [2.75, 3.05) is 18.9 Å². The predicted octanol–water partition coefficient (Wildman–Crippen LogP) is 0.728. The molecule has 1 rings (SSSR count). The maximum atomic E-state index is 11.1. The molecule has 1 amide bonds. The van der Waals surface area contributed by atoms with E-state index in [9.17, 15) is 4.79 Å². The van der Waals surface area contributed by atoms with E-state index in [1.807, 2.05) is 6.92 Å². The number of likely N-dealkylation sites (N-methyl/N-ethyl adjacent to an activating group) is 1. The Morgan fingerprint density at radius 2 is 2.25 bits per heavy atom. The molecular formula is C11H14N4O. The molecule has 0 saturated heterocycles. The van der Waals surface area contributed by atoms with E-state index in [1.54, 1.807) is 20.0 Å². The highest BCUT2D eigenvalue weighted by molar-refractivity contribution is 5.81. The summed E-state index contributed by atoms with van der Waals surface area (Å²) < 4.78 is 0. The lowest BCUT2D eigenvalue weighted by molar-refractivity contribution is -0.118. The van der Waals surface area contributed by atoms with Crippen LogP contribution in [-0.4, -0.2) is 24.5 Å². The molecule has 0 atom stereocenters. The number of anilines is 1. The van der Waals surface area contributed by atoms with Crippen molar-refractivity contribution in [3.05, 3.63) is 23.0 Å². The first-order valence-electron chi connectivity index (χ1n) is 4.91. The van der Waals surface area contributed by atoms with Crippen molar-refractivity contribution in [1.82, 2.24) is 10.3 Å². The molecule has 0 aliphatic heterocycles. The first-order chi connectivity index (χ1) is 7.58. The highest BCUT2D eigenvalue weighted by Gasteiger charge is 2.08. The van der Waals surface area contributed by atoms with E-state index < -0.39 is 0 Å². The number of rotatable bonds is 3. The van der Waals surface area contributed by atoms with Crippen molar-refractivity contribution in [2.45, 2.75) is 13.8 Å². The summed E-state index contributed by atoms with van der Waals surface area (Å²) in [5.74, 6) is -0.129. The molecule has 0 radical (unpaired) electrons. The van der Waals surface area contributed by atoms with E-state index in [0.29, 0.717) is 16.9 Å². The summed E-state index contributed by atoms with van der Waals surface area (Å²) in [6.07, 6.45) is 0. The van der Waals surface area contributed by atoms with Gasteiger partial charge in [0.2, 0.25) is 5.91 Å². The molecule has 0 aliphatic carbocycles. The Morgan fingerprint density at radius 3 is 2.81 bits per heavy atom. The highest BCUT2D eigenvalue weighted by atomic mass is 16.1. The number of amides is 1. The Hall–Kier alpha value is -2.09. The van der Waals surface area contributed by atoms with E-state index in [0.717, 1.165) is 5.69 Å². The quantitative estimate of drug-likeness (QED) is 0.784. The van der Waals surface area contributed by atoms with Gasteiger partial charge in [-0.05, 0) is 19.9 Å². The number of nitriles is 1. The number of hydrogen-bond acceptors (Lipinski definition) is 4. The van der Waals surface area contributed by atoms with Crippen LogP contribution in [0.2, 0.25) is 0 Å². The standard InChI is InChI=1S/C11H14N4O/c1-7-4-10(14-6-11(16)13-3)9(5-12)8(2)15-7/h4H,6H2,1-3H3,(H,13,16)(H,14,15). The summed E-state index contributed by atoms with van der Waals surface area (Å²) in [7, 11) is 1.57. The van der Waals surface area contributed by atoms with Gasteiger partial charge in [-0.3, -0.25) is 9.78 Å². The molecule has 16 heavy (non-hydrogen) atoms. The fourth-order valence-corrected chi connectivity index (χ4v) is 1.37. The van der Waals surface area contributed by atoms with E-state index in [4.69, 9.17) is 5.26 Å². The monoisotopic (exact) mass is 218 g/mol. The van der Waals surface area contributed by atoms with E-state index >= 15 is 0 Å². The van der Waals surface area contributed by atoms with Gasteiger partial charge in [0.05, 0.1) is 23.5 Å². The third-order valence-corrected chi connectivity index (χ3v) is 2.16. The summed E-state index contributed by atoms with van der Waals surface area (Å²) in [5, 5.41) is 14.4. The summed E-state index contributed by atoms with van der Waals surface area (Å²) in [6.45, 7) is 3.77. The maximum Gasteiger partial charge on any atom is 0.239 e. The summed E-state index contributed by atoms with van der Waals surface area (Å²) in [5.41, 5.74) is 2.61. The Balaban J connectivity index is 2.95. The van der Waals surface area contributed by atoms with Crippen molar-refractivity contribution in [3.63, 3.8) is 0 Å². The lowest BCUT2D eigenvalue weighted by Crippen LogP contribution is -2.26. The van der Waals surface area contributed by atoms with Crippen molar-refractivity contribution >= 4 is 11.6 Å². The highest BCUT2D eigenvalue weighted by Crippen LogP contribution is 2.18. The van der Waals surface area contributed by atoms with Gasteiger partial charge in [-0.25, -0.2) is 0 Å². The van der Waals surface area contributed by atoms with Crippen LogP contribution in [0.1, 0.15) is 17.0 Å². The number of nitrogens with one attached hydrogen (secondary N) is 2. The van der Waals surface area contributed by atoms with Gasteiger partial charge in [0, 0.05) is 12.7 Å². The molecular weight excluding hydrogens is 204 g/mol. The fraction of sp³-hybridized carbons (Fsp3) is 0.364. The molecule has 5 heteroatoms. The van der Waals surface area contributed by atoms with Gasteiger partial charge in [-0.15, -0.1) is 0 Å². The fourth-order valence-electron chi connectivity index (χ4n) is 1.37. The minimum absolute atomic E-state index is 0.129. The normalized spacial score (nSPS) is 9.38. The van der Waals surface area contributed by atoms with Crippen LogP contribution in [0.25, 0.3) is 0 Å². The van der Waals surface area contributed by atoms with Crippen LogP contribution in [0, 0.1) is 25.2 Å². The molecule has 1 heterocycles. The van der Waals surface area contributed by atoms with Crippen molar-refractivity contribution in [1.29, 1.82) is 5.26 Å². The molecule has 0 aliphatic rings. The lowest BCUT2D eigenvalue weighted by atomic mass is 10.1. The molecule has 0 aromatic carbocycles. The average Bonchev–Trinajstić information content (AvgIpc) is 2.25. The van der Waals surface area contributed by atoms with E-state index in [2.05, 4.69) is 21.7 Å². The topological polar surface area (TPSA) is 77.8 Å². The number of hydrogen-bond donors (Lipinski definition) is 2. The smallest absolute Gasteiger partial charge is 0.239 e. The third-order valence-electron chi connectivity index (χ3n) is 2.16. The molecule has 0 fully saturated rings. The molecule has 0 spiro atoms. The second-order valence-corrected chi connectivity index (χ2v) is 3.41. The van der Waals surface area contributed by atoms with Gasteiger partial charge in [0.25, 0.3) is 0 Å². The van der Waals surface area contributed by atoms with Crippen LogP contribution in [0.4, 0.5) is 5.69 Å². The van der Waals surface area contributed by atoms with Gasteiger partial charge in [-0.1, -0.05) is 0 Å². The zero-order valence-electron chi connectivity index (χ0n) is 9.59. The summed E-state index contributed by atoms with van der Waals surface area (Å²) >= 11 is 0. The van der Waals surface area contributed by atoms with Gasteiger partial charge in [0.15, 0.2) is 0 Å². The van der Waals surface area contributed by atoms with E-state index in [-0.39, 0.29) is 12.5 Å². The van der Waals surface area contributed by atoms with E-state index in [1.165, 1.54) is 0 Å². The Morgan fingerprint density at radius 1 is 1.56 bits per heavy atom. The molecule has 0 unspecified atom stereocenters. The lowest BCUT2D eigenvalue weighted by Gasteiger charge is -2.09. The zero-order chi connectivity index (χ0) is 12.1. The van der Waals surface area contributed by atoms with Gasteiger partial charge in [0.1, 0.15) is 6.07 Å². The van der Waals surface area contributed by atoms with Gasteiger partial charge >= 0.3 is 0 Å². The second kappa shape index (κ2) is 5.12. The molecule has 0 bridgehead atoms. The minimum atomic E-state index is -0.129. The largest absolute Gasteiger partial charge is 0.375 e. The minimum Gasteiger partial charge on any atom is -0.375 e. The van der Waals surface area contributed by atoms with Crippen molar-refractivity contribution < 1.29 is 4.79 Å². The predicted molar refractivity (Wildman–Crippen MR) is 61.0 cm³/mol. The number of carbonyl (C=O) groups is 1. The van der Waals surface area contributed by atoms with Crippen LogP contribution in [0.5, 0.6) is 0 Å².